The van der Waals surface area contributed by atoms with E-state index in [1.54, 1.807) is 0 Å². The molecule has 0 fully saturated rings. The van der Waals surface area contributed by atoms with Crippen molar-refractivity contribution in [3.05, 3.63) is 29.8 Å². The van der Waals surface area contributed by atoms with Crippen molar-refractivity contribution in [2.24, 2.45) is 0 Å². The number of alkyl halides is 1. The summed E-state index contributed by atoms with van der Waals surface area (Å²) in [5.41, 5.74) is 1.12. The van der Waals surface area contributed by atoms with E-state index in [-0.39, 0.29) is 24.3 Å². The highest BCUT2D eigenvalue weighted by molar-refractivity contribution is 7.89. The lowest BCUT2D eigenvalue weighted by molar-refractivity contribution is 0.236. The maximum absolute atomic E-state index is 11.4. The first-order valence-corrected chi connectivity index (χ1v) is 7.57. The summed E-state index contributed by atoms with van der Waals surface area (Å²) in [6, 6.07) is 7.73. The molecule has 1 N–H and O–H groups in total. The molecule has 4 nitrogen and oxygen atoms in total. The molecule has 0 amide bonds. The molecule has 1 aromatic carbocycles. The summed E-state index contributed by atoms with van der Waals surface area (Å²) in [4.78, 5) is 0. The molecule has 0 spiro atoms. The number of benzene rings is 1. The molecule has 1 aliphatic rings. The Labute approximate surface area is 106 Å². The Hall–Kier alpha value is -0.780. The molecule has 0 aromatic heterocycles. The predicted octanol–water partition coefficient (Wildman–Crippen LogP) is 1.15. The lowest BCUT2D eigenvalue weighted by Crippen LogP contribution is -2.36. The third kappa shape index (κ3) is 3.34. The fraction of sp³-hybridized carbons (Fsp3) is 0.455. The molecule has 17 heavy (non-hydrogen) atoms. The molecule has 0 aliphatic carbocycles. The SMILES string of the molecule is O=S(=O)(CCCl)NCC1Cc2ccccc2O1. The zero-order chi connectivity index (χ0) is 12.3. The van der Waals surface area contributed by atoms with Gasteiger partial charge in [-0.05, 0) is 11.6 Å². The smallest absolute Gasteiger partial charge is 0.212 e. The van der Waals surface area contributed by atoms with Crippen LogP contribution in [-0.4, -0.2) is 32.7 Å². The topological polar surface area (TPSA) is 55.4 Å². The molecule has 0 saturated carbocycles. The minimum absolute atomic E-state index is 0.0613. The van der Waals surface area contributed by atoms with E-state index >= 15 is 0 Å². The second-order valence-corrected chi connectivity index (χ2v) is 6.21. The molecule has 2 rings (SSSR count). The van der Waals surface area contributed by atoms with Crippen molar-refractivity contribution in [2.75, 3.05) is 18.2 Å². The van der Waals surface area contributed by atoms with Crippen molar-refractivity contribution >= 4 is 21.6 Å². The van der Waals surface area contributed by atoms with E-state index in [0.717, 1.165) is 17.7 Å². The van der Waals surface area contributed by atoms with E-state index in [9.17, 15) is 8.42 Å². The maximum atomic E-state index is 11.4. The van der Waals surface area contributed by atoms with Crippen molar-refractivity contribution < 1.29 is 13.2 Å². The summed E-state index contributed by atoms with van der Waals surface area (Å²) in [5.74, 6) is 0.879. The highest BCUT2D eigenvalue weighted by atomic mass is 35.5. The van der Waals surface area contributed by atoms with Crippen LogP contribution in [0.3, 0.4) is 0 Å². The molecule has 1 unspecified atom stereocenters. The Morgan fingerprint density at radius 2 is 2.18 bits per heavy atom. The Morgan fingerprint density at radius 1 is 1.41 bits per heavy atom. The fourth-order valence-corrected chi connectivity index (χ4v) is 3.16. The van der Waals surface area contributed by atoms with E-state index in [1.165, 1.54) is 0 Å². The molecule has 94 valence electrons. The number of rotatable bonds is 5. The van der Waals surface area contributed by atoms with E-state index in [1.807, 2.05) is 24.3 Å². The summed E-state index contributed by atoms with van der Waals surface area (Å²) in [7, 11) is -3.27. The number of halogens is 1. The highest BCUT2D eigenvalue weighted by Gasteiger charge is 2.23. The standard InChI is InChI=1S/C11H14ClNO3S/c12-5-6-17(14,15)13-8-10-7-9-3-1-2-4-11(9)16-10/h1-4,10,13H,5-8H2. The highest BCUT2D eigenvalue weighted by Crippen LogP contribution is 2.27. The quantitative estimate of drug-likeness (QED) is 0.820. The Bertz CT molecular complexity index is 464. The van der Waals surface area contributed by atoms with Crippen molar-refractivity contribution in [2.45, 2.75) is 12.5 Å². The minimum atomic E-state index is -3.27. The number of fused-ring (bicyclic) bond motifs is 1. The summed E-state index contributed by atoms with van der Waals surface area (Å²) >= 11 is 5.40. The third-order valence-electron chi connectivity index (χ3n) is 2.59. The number of nitrogens with one attached hydrogen (secondary N) is 1. The maximum Gasteiger partial charge on any atom is 0.212 e. The van der Waals surface area contributed by atoms with Gasteiger partial charge >= 0.3 is 0 Å². The first-order valence-electron chi connectivity index (χ1n) is 5.38. The summed E-state index contributed by atoms with van der Waals surface area (Å²) in [6.07, 6.45) is 0.608. The fourth-order valence-electron chi connectivity index (χ4n) is 1.76. The van der Waals surface area contributed by atoms with Gasteiger partial charge in [0.1, 0.15) is 11.9 Å². The van der Waals surface area contributed by atoms with Crippen LogP contribution < -0.4 is 9.46 Å². The van der Waals surface area contributed by atoms with Gasteiger partial charge in [-0.3, -0.25) is 0 Å². The molecular formula is C11H14ClNO3S. The average Bonchev–Trinajstić information content (AvgIpc) is 2.69. The van der Waals surface area contributed by atoms with Crippen LogP contribution in [0.5, 0.6) is 5.75 Å². The van der Waals surface area contributed by atoms with Gasteiger partial charge in [0.05, 0.1) is 5.75 Å². The normalized spacial score (nSPS) is 18.8. The van der Waals surface area contributed by atoms with Crippen LogP contribution in [-0.2, 0) is 16.4 Å². The predicted molar refractivity (Wildman–Crippen MR) is 67.1 cm³/mol. The number of hydrogen-bond acceptors (Lipinski definition) is 3. The molecule has 0 saturated heterocycles. The molecule has 0 radical (unpaired) electrons. The van der Waals surface area contributed by atoms with Crippen LogP contribution in [0, 0.1) is 0 Å². The van der Waals surface area contributed by atoms with Crippen molar-refractivity contribution in [3.8, 4) is 5.75 Å². The zero-order valence-corrected chi connectivity index (χ0v) is 10.8. The second kappa shape index (κ2) is 5.25. The van der Waals surface area contributed by atoms with Crippen molar-refractivity contribution in [3.63, 3.8) is 0 Å². The average molecular weight is 276 g/mol. The molecule has 1 atom stereocenters. The molecule has 1 aromatic rings. The van der Waals surface area contributed by atoms with Crippen LogP contribution in [0.25, 0.3) is 0 Å². The van der Waals surface area contributed by atoms with Gasteiger partial charge in [-0.2, -0.15) is 0 Å². The van der Waals surface area contributed by atoms with Crippen LogP contribution in [0.15, 0.2) is 24.3 Å². The Morgan fingerprint density at radius 3 is 2.88 bits per heavy atom. The number of hydrogen-bond donors (Lipinski definition) is 1. The van der Waals surface area contributed by atoms with E-state index in [2.05, 4.69) is 4.72 Å². The van der Waals surface area contributed by atoms with Gasteiger partial charge in [0.15, 0.2) is 0 Å². The summed E-state index contributed by atoms with van der Waals surface area (Å²) in [5, 5.41) is 0. The molecule has 1 heterocycles. The lowest BCUT2D eigenvalue weighted by atomic mass is 10.1. The Kier molecular flexibility index (Phi) is 3.91. The van der Waals surface area contributed by atoms with Crippen LogP contribution >= 0.6 is 11.6 Å². The van der Waals surface area contributed by atoms with Crippen molar-refractivity contribution in [1.29, 1.82) is 0 Å². The minimum Gasteiger partial charge on any atom is -0.488 e. The Balaban J connectivity index is 1.88. The molecular weight excluding hydrogens is 262 g/mol. The van der Waals surface area contributed by atoms with Gasteiger partial charge < -0.3 is 4.74 Å². The molecule has 6 heteroatoms. The van der Waals surface area contributed by atoms with Crippen LogP contribution in [0.2, 0.25) is 0 Å². The van der Waals surface area contributed by atoms with E-state index in [0.29, 0.717) is 0 Å². The number of sulfonamides is 1. The van der Waals surface area contributed by atoms with Gasteiger partial charge in [0.25, 0.3) is 0 Å². The molecule has 1 aliphatic heterocycles. The third-order valence-corrected chi connectivity index (χ3v) is 4.35. The van der Waals surface area contributed by atoms with Gasteiger partial charge in [-0.15, -0.1) is 11.6 Å². The number of para-hydroxylation sites is 1. The lowest BCUT2D eigenvalue weighted by Gasteiger charge is -2.11. The largest absolute Gasteiger partial charge is 0.488 e. The zero-order valence-electron chi connectivity index (χ0n) is 9.23. The van der Waals surface area contributed by atoms with Crippen molar-refractivity contribution in [1.82, 2.24) is 4.72 Å². The van der Waals surface area contributed by atoms with E-state index < -0.39 is 10.0 Å². The summed E-state index contributed by atoms with van der Waals surface area (Å²) in [6.45, 7) is 0.286. The number of ether oxygens (including phenoxy) is 1. The van der Waals surface area contributed by atoms with Gasteiger partial charge in [0, 0.05) is 18.8 Å². The van der Waals surface area contributed by atoms with Gasteiger partial charge in [-0.25, -0.2) is 13.1 Å². The first kappa shape index (κ1) is 12.7. The second-order valence-electron chi connectivity index (χ2n) is 3.91. The summed E-state index contributed by atoms with van der Waals surface area (Å²) < 4.78 is 30.9. The van der Waals surface area contributed by atoms with Crippen LogP contribution in [0.1, 0.15) is 5.56 Å². The van der Waals surface area contributed by atoms with E-state index in [4.69, 9.17) is 16.3 Å². The van der Waals surface area contributed by atoms with Gasteiger partial charge in [-0.1, -0.05) is 18.2 Å². The first-order chi connectivity index (χ1) is 8.11. The monoisotopic (exact) mass is 275 g/mol. The van der Waals surface area contributed by atoms with Gasteiger partial charge in [0.2, 0.25) is 10.0 Å². The van der Waals surface area contributed by atoms with Crippen LogP contribution in [0.4, 0.5) is 0 Å². The molecule has 0 bridgehead atoms.